The summed E-state index contributed by atoms with van der Waals surface area (Å²) in [6.07, 6.45) is 7.27. The highest BCUT2D eigenvalue weighted by molar-refractivity contribution is 6.06. The van der Waals surface area contributed by atoms with Crippen LogP contribution in [0.15, 0.2) is 52.0 Å². The monoisotopic (exact) mass is 421 g/mol. The lowest BCUT2D eigenvalue weighted by molar-refractivity contribution is -0.384. The van der Waals surface area contributed by atoms with Crippen LogP contribution in [0.2, 0.25) is 0 Å². The third-order valence-electron chi connectivity index (χ3n) is 6.32. The maximum Gasteiger partial charge on any atom is 0.270 e. The molecule has 2 heterocycles. The molecule has 1 saturated heterocycles. The fraction of sp³-hybridized carbons (Fsp3) is 0.318. The summed E-state index contributed by atoms with van der Waals surface area (Å²) in [5.41, 5.74) is 0.319. The molecule has 3 aliphatic carbocycles. The Morgan fingerprint density at radius 3 is 2.39 bits per heavy atom. The topological polar surface area (TPSA) is 115 Å². The molecule has 158 valence electrons. The van der Waals surface area contributed by atoms with Crippen molar-refractivity contribution >= 4 is 23.7 Å². The van der Waals surface area contributed by atoms with E-state index in [0.29, 0.717) is 22.8 Å². The molecule has 31 heavy (non-hydrogen) atoms. The van der Waals surface area contributed by atoms with Crippen molar-refractivity contribution < 1.29 is 23.7 Å². The lowest BCUT2D eigenvalue weighted by Crippen LogP contribution is -2.38. The number of allylic oxidation sites excluding steroid dienone is 2. The molecular weight excluding hydrogens is 402 g/mol. The zero-order chi connectivity index (χ0) is 21.7. The minimum atomic E-state index is -0.500. The first kappa shape index (κ1) is 19.2. The van der Waals surface area contributed by atoms with E-state index in [0.717, 1.165) is 17.9 Å². The van der Waals surface area contributed by atoms with Gasteiger partial charge in [0.25, 0.3) is 17.5 Å². The normalized spacial score (nSPS) is 26.7. The van der Waals surface area contributed by atoms with Gasteiger partial charge in [-0.3, -0.25) is 19.7 Å². The molecule has 0 N–H and O–H groups in total. The molecule has 0 radical (unpaired) electrons. The fourth-order valence-electron chi connectivity index (χ4n) is 4.86. The van der Waals surface area contributed by atoms with Gasteiger partial charge in [-0.05, 0) is 42.9 Å². The van der Waals surface area contributed by atoms with Crippen molar-refractivity contribution in [2.24, 2.45) is 28.8 Å². The number of nitro groups is 1. The van der Waals surface area contributed by atoms with Gasteiger partial charge in [-0.25, -0.2) is 0 Å². The van der Waals surface area contributed by atoms with Crippen LogP contribution < -0.4 is 4.74 Å². The van der Waals surface area contributed by atoms with Gasteiger partial charge in [-0.1, -0.05) is 12.2 Å². The van der Waals surface area contributed by atoms with Crippen LogP contribution in [0.5, 0.6) is 5.75 Å². The van der Waals surface area contributed by atoms with Crippen molar-refractivity contribution in [2.75, 3.05) is 7.11 Å². The molecule has 1 aromatic heterocycles. The van der Waals surface area contributed by atoms with Crippen LogP contribution in [0, 0.1) is 33.8 Å². The van der Waals surface area contributed by atoms with Gasteiger partial charge < -0.3 is 9.15 Å². The highest BCUT2D eigenvalue weighted by Crippen LogP contribution is 2.49. The molecule has 2 amide bonds. The predicted molar refractivity (Wildman–Crippen MR) is 109 cm³/mol. The first-order chi connectivity index (χ1) is 15.0. The number of nitrogens with zero attached hydrogens (tertiary/aromatic N) is 3. The Hall–Kier alpha value is -3.75. The number of non-ortho nitro benzene ring substituents is 1. The van der Waals surface area contributed by atoms with Gasteiger partial charge in [0.15, 0.2) is 0 Å². The van der Waals surface area contributed by atoms with Crippen LogP contribution >= 0.6 is 0 Å². The number of carbonyl (C=O) groups excluding carboxylic acids is 2. The second kappa shape index (κ2) is 7.19. The first-order valence-electron chi connectivity index (χ1n) is 10.0. The van der Waals surface area contributed by atoms with E-state index in [4.69, 9.17) is 9.15 Å². The van der Waals surface area contributed by atoms with E-state index in [-0.39, 0.29) is 41.2 Å². The molecule has 1 aromatic carbocycles. The standard InChI is InChI=1S/C22H19N3O6/c1-30-17-8-6-14(25(28)29)10-16(17)18-9-7-15(31-18)11-23-24-21(26)19-12-2-3-13(5-4-12)20(19)22(24)27/h2-3,6-13,19-20H,4-5H2,1H3/b23-11-/t12-,13-,19-,20+/m1/s1. The van der Waals surface area contributed by atoms with E-state index in [1.165, 1.54) is 31.5 Å². The maximum atomic E-state index is 12.8. The van der Waals surface area contributed by atoms with E-state index >= 15 is 0 Å². The van der Waals surface area contributed by atoms with Crippen molar-refractivity contribution in [3.05, 3.63) is 58.4 Å². The fourth-order valence-corrected chi connectivity index (χ4v) is 4.86. The Balaban J connectivity index is 1.40. The highest BCUT2D eigenvalue weighted by Gasteiger charge is 2.56. The van der Waals surface area contributed by atoms with Crippen molar-refractivity contribution in [2.45, 2.75) is 12.8 Å². The van der Waals surface area contributed by atoms with E-state index in [2.05, 4.69) is 17.3 Å². The quantitative estimate of drug-likeness (QED) is 0.240. The minimum absolute atomic E-state index is 0.0958. The number of amides is 2. The number of nitro benzene ring substituents is 1. The Kier molecular flexibility index (Phi) is 4.46. The van der Waals surface area contributed by atoms with E-state index in [1.54, 1.807) is 12.1 Å². The lowest BCUT2D eigenvalue weighted by atomic mass is 9.63. The van der Waals surface area contributed by atoms with Crippen LogP contribution in [-0.4, -0.2) is 35.1 Å². The summed E-state index contributed by atoms with van der Waals surface area (Å²) in [6.45, 7) is 0. The summed E-state index contributed by atoms with van der Waals surface area (Å²) in [4.78, 5) is 36.2. The van der Waals surface area contributed by atoms with Crippen LogP contribution in [0.3, 0.4) is 0 Å². The molecule has 4 atom stereocenters. The van der Waals surface area contributed by atoms with Crippen molar-refractivity contribution in [3.63, 3.8) is 0 Å². The van der Waals surface area contributed by atoms with Crippen LogP contribution in [0.4, 0.5) is 5.69 Å². The van der Waals surface area contributed by atoms with E-state index < -0.39 is 4.92 Å². The number of methoxy groups -OCH3 is 1. The van der Waals surface area contributed by atoms with Crippen LogP contribution in [0.1, 0.15) is 18.6 Å². The molecule has 9 heteroatoms. The average Bonchev–Trinajstić information content (AvgIpc) is 3.36. The molecule has 6 rings (SSSR count). The molecule has 2 aromatic rings. The molecule has 4 aliphatic rings. The third kappa shape index (κ3) is 3.04. The summed E-state index contributed by atoms with van der Waals surface area (Å²) in [5, 5.41) is 16.2. The number of furan rings is 1. The molecule has 1 aliphatic heterocycles. The van der Waals surface area contributed by atoms with Gasteiger partial charge in [-0.2, -0.15) is 10.1 Å². The first-order valence-corrected chi connectivity index (χ1v) is 10.0. The van der Waals surface area contributed by atoms with E-state index in [9.17, 15) is 19.7 Å². The van der Waals surface area contributed by atoms with Gasteiger partial charge in [0.05, 0.1) is 35.6 Å². The minimum Gasteiger partial charge on any atom is -0.496 e. The SMILES string of the molecule is COc1ccc([N+](=O)[O-])cc1-c1ccc(/C=N\N2C(=O)[C@@H]3[C@H](C2=O)[C@@H]2C=C[C@@H]3CC2)o1. The Morgan fingerprint density at radius 1 is 1.13 bits per heavy atom. The van der Waals surface area contributed by atoms with Crippen LogP contribution in [-0.2, 0) is 9.59 Å². The molecule has 1 saturated carbocycles. The number of hydrogen-bond donors (Lipinski definition) is 0. The average molecular weight is 421 g/mol. The molecule has 0 unspecified atom stereocenters. The summed E-state index contributed by atoms with van der Waals surface area (Å²) < 4.78 is 11.0. The van der Waals surface area contributed by atoms with Crippen molar-refractivity contribution in [3.8, 4) is 17.1 Å². The van der Waals surface area contributed by atoms with Crippen LogP contribution in [0.25, 0.3) is 11.3 Å². The van der Waals surface area contributed by atoms with Crippen molar-refractivity contribution in [1.29, 1.82) is 0 Å². The summed E-state index contributed by atoms with van der Waals surface area (Å²) in [5.74, 6) is 0.0863. The van der Waals surface area contributed by atoms with Gasteiger partial charge in [-0.15, -0.1) is 0 Å². The highest BCUT2D eigenvalue weighted by atomic mass is 16.6. The summed E-state index contributed by atoms with van der Waals surface area (Å²) in [6, 6.07) is 7.44. The Bertz CT molecular complexity index is 1120. The number of hydrazone groups is 1. The lowest BCUT2D eigenvalue weighted by Gasteiger charge is -2.37. The summed E-state index contributed by atoms with van der Waals surface area (Å²) >= 11 is 0. The van der Waals surface area contributed by atoms with E-state index in [1.807, 2.05) is 0 Å². The smallest absolute Gasteiger partial charge is 0.270 e. The Labute approximate surface area is 177 Å². The summed E-state index contributed by atoms with van der Waals surface area (Å²) in [7, 11) is 1.46. The number of imide groups is 1. The maximum absolute atomic E-state index is 12.8. The largest absolute Gasteiger partial charge is 0.496 e. The molecule has 2 bridgehead atoms. The second-order valence-electron chi connectivity index (χ2n) is 7.92. The zero-order valence-corrected chi connectivity index (χ0v) is 16.6. The van der Waals surface area contributed by atoms with Gasteiger partial charge in [0, 0.05) is 12.1 Å². The predicted octanol–water partition coefficient (Wildman–Crippen LogP) is 3.39. The molecule has 2 fully saturated rings. The number of hydrogen-bond acceptors (Lipinski definition) is 7. The van der Waals surface area contributed by atoms with Crippen molar-refractivity contribution in [1.82, 2.24) is 5.01 Å². The Morgan fingerprint density at radius 2 is 1.81 bits per heavy atom. The molecule has 0 spiro atoms. The number of fused-ring (bicyclic) bond motifs is 1. The number of rotatable bonds is 5. The molecule has 9 nitrogen and oxygen atoms in total. The van der Waals surface area contributed by atoms with Gasteiger partial charge in [0.1, 0.15) is 17.3 Å². The van der Waals surface area contributed by atoms with Gasteiger partial charge in [0.2, 0.25) is 0 Å². The van der Waals surface area contributed by atoms with Gasteiger partial charge >= 0.3 is 0 Å². The number of carbonyl (C=O) groups is 2. The number of ether oxygens (including phenoxy) is 1. The molecular formula is C22H19N3O6. The zero-order valence-electron chi connectivity index (χ0n) is 16.6. The number of benzene rings is 1. The second-order valence-corrected chi connectivity index (χ2v) is 7.92. The third-order valence-corrected chi connectivity index (χ3v) is 6.32.